The summed E-state index contributed by atoms with van der Waals surface area (Å²) in [6.45, 7) is 4.49. The third kappa shape index (κ3) is 6.41. The van der Waals surface area contributed by atoms with Crippen LogP contribution in [0.2, 0.25) is 0 Å². The minimum absolute atomic E-state index is 0.0227. The Morgan fingerprint density at radius 3 is 2.61 bits per heavy atom. The molecule has 1 fully saturated rings. The van der Waals surface area contributed by atoms with Gasteiger partial charge in [0.25, 0.3) is 0 Å². The number of ketones is 1. The fourth-order valence-electron chi connectivity index (χ4n) is 2.81. The molecule has 0 unspecified atom stereocenters. The number of carbonyl (C=O) groups is 2. The third-order valence-corrected chi connectivity index (χ3v) is 5.15. The summed E-state index contributed by atoms with van der Waals surface area (Å²) in [6, 6.07) is 1.76. The van der Waals surface area contributed by atoms with Crippen molar-refractivity contribution in [2.24, 2.45) is 0 Å². The van der Waals surface area contributed by atoms with Gasteiger partial charge >= 0.3 is 0 Å². The second-order valence-corrected chi connectivity index (χ2v) is 7.14. The summed E-state index contributed by atoms with van der Waals surface area (Å²) in [5, 5.41) is 14.7. The van der Waals surface area contributed by atoms with Gasteiger partial charge in [-0.2, -0.15) is 0 Å². The number of rotatable bonds is 7. The first-order valence-electron chi connectivity index (χ1n) is 8.30. The highest BCUT2D eigenvalue weighted by Crippen LogP contribution is 2.15. The van der Waals surface area contributed by atoms with Crippen LogP contribution < -0.4 is 5.32 Å². The van der Waals surface area contributed by atoms with Crippen molar-refractivity contribution in [3.8, 4) is 0 Å². The lowest BCUT2D eigenvalue weighted by molar-refractivity contribution is -0.120. The molecule has 0 aromatic carbocycles. The van der Waals surface area contributed by atoms with E-state index in [1.54, 1.807) is 6.07 Å². The van der Waals surface area contributed by atoms with Gasteiger partial charge < -0.3 is 15.3 Å². The van der Waals surface area contributed by atoms with Crippen molar-refractivity contribution in [1.82, 2.24) is 10.2 Å². The van der Waals surface area contributed by atoms with E-state index in [-0.39, 0.29) is 24.7 Å². The van der Waals surface area contributed by atoms with Crippen molar-refractivity contribution >= 4 is 23.0 Å². The average Bonchev–Trinajstić information content (AvgIpc) is 2.82. The lowest BCUT2D eigenvalue weighted by Gasteiger charge is -2.23. The molecule has 2 N–H and O–H groups in total. The van der Waals surface area contributed by atoms with Crippen LogP contribution in [-0.2, 0) is 11.2 Å². The van der Waals surface area contributed by atoms with Crippen LogP contribution in [-0.4, -0.2) is 54.0 Å². The smallest absolute Gasteiger partial charge is 0.224 e. The summed E-state index contributed by atoms with van der Waals surface area (Å²) in [5.41, 5.74) is 0.847. The predicted octanol–water partition coefficient (Wildman–Crippen LogP) is 1.85. The largest absolute Gasteiger partial charge is 0.390 e. The molecule has 1 aliphatic rings. The Kier molecular flexibility index (Phi) is 7.20. The van der Waals surface area contributed by atoms with E-state index in [2.05, 4.69) is 10.2 Å². The van der Waals surface area contributed by atoms with Crippen LogP contribution in [0.3, 0.4) is 0 Å². The van der Waals surface area contributed by atoms with Gasteiger partial charge in [-0.05, 0) is 49.9 Å². The molecule has 0 saturated carbocycles. The minimum atomic E-state index is -0.535. The number of aliphatic hydroxyl groups is 1. The fourth-order valence-corrected chi connectivity index (χ4v) is 3.63. The number of aliphatic hydroxyl groups excluding tert-OH is 1. The molecule has 0 radical (unpaired) electrons. The van der Waals surface area contributed by atoms with Crippen LogP contribution in [0.5, 0.6) is 0 Å². The zero-order valence-electron chi connectivity index (χ0n) is 13.7. The molecule has 5 nitrogen and oxygen atoms in total. The third-order valence-electron chi connectivity index (χ3n) is 4.07. The van der Waals surface area contributed by atoms with E-state index in [0.717, 1.165) is 18.7 Å². The maximum Gasteiger partial charge on any atom is 0.224 e. The molecule has 1 aliphatic heterocycles. The first-order chi connectivity index (χ1) is 11.0. The van der Waals surface area contributed by atoms with E-state index < -0.39 is 6.10 Å². The Morgan fingerprint density at radius 1 is 1.30 bits per heavy atom. The summed E-state index contributed by atoms with van der Waals surface area (Å²) in [6.07, 6.45) is 4.64. The van der Waals surface area contributed by atoms with Gasteiger partial charge in [-0.25, -0.2) is 0 Å². The first kappa shape index (κ1) is 18.1. The number of hydrogen-bond acceptors (Lipinski definition) is 5. The van der Waals surface area contributed by atoms with Gasteiger partial charge in [0, 0.05) is 13.1 Å². The summed E-state index contributed by atoms with van der Waals surface area (Å²) < 4.78 is 0. The number of β-amino-alcohol motifs (C(OH)–C–C–N with tert-alkyl or cyclic N) is 1. The van der Waals surface area contributed by atoms with E-state index in [1.165, 1.54) is 43.9 Å². The van der Waals surface area contributed by atoms with E-state index in [1.807, 2.05) is 5.38 Å². The molecule has 1 saturated heterocycles. The SMILES string of the molecule is CC(=O)c1cc(CC(=O)NC[C@@H](O)CN2CCCCCC2)cs1. The average molecular weight is 338 g/mol. The number of Topliss-reactive ketones (excluding diaryl/α,β-unsaturated/α-hetero) is 1. The minimum Gasteiger partial charge on any atom is -0.390 e. The van der Waals surface area contributed by atoms with Gasteiger partial charge in [0.05, 0.1) is 17.4 Å². The van der Waals surface area contributed by atoms with E-state index in [9.17, 15) is 14.7 Å². The number of likely N-dealkylation sites (tertiary alicyclic amines) is 1. The maximum atomic E-state index is 11.9. The predicted molar refractivity (Wildman–Crippen MR) is 92.0 cm³/mol. The number of nitrogens with one attached hydrogen (secondary N) is 1. The normalized spacial score (nSPS) is 17.5. The van der Waals surface area contributed by atoms with Gasteiger partial charge in [0.2, 0.25) is 5.91 Å². The molecule has 128 valence electrons. The molecule has 2 rings (SSSR count). The number of thiophene rings is 1. The van der Waals surface area contributed by atoms with Crippen molar-refractivity contribution in [2.75, 3.05) is 26.2 Å². The van der Waals surface area contributed by atoms with E-state index >= 15 is 0 Å². The quantitative estimate of drug-likeness (QED) is 0.745. The van der Waals surface area contributed by atoms with Gasteiger partial charge in [-0.15, -0.1) is 11.3 Å². The van der Waals surface area contributed by atoms with Crippen LogP contribution in [0, 0.1) is 0 Å². The second-order valence-electron chi connectivity index (χ2n) is 6.22. The van der Waals surface area contributed by atoms with E-state index in [4.69, 9.17) is 0 Å². The number of nitrogens with zero attached hydrogens (tertiary/aromatic N) is 1. The molecule has 1 amide bonds. The molecule has 1 aromatic heterocycles. The summed E-state index contributed by atoms with van der Waals surface area (Å²) in [7, 11) is 0. The molecule has 1 atom stereocenters. The zero-order valence-corrected chi connectivity index (χ0v) is 14.5. The fraction of sp³-hybridized carbons (Fsp3) is 0.647. The molecule has 0 spiro atoms. The van der Waals surface area contributed by atoms with Gasteiger partial charge in [0.15, 0.2) is 5.78 Å². The van der Waals surface area contributed by atoms with Crippen LogP contribution in [0.4, 0.5) is 0 Å². The Labute approximate surface area is 141 Å². The molecule has 1 aromatic rings. The maximum absolute atomic E-state index is 11.9. The van der Waals surface area contributed by atoms with Gasteiger partial charge in [-0.3, -0.25) is 9.59 Å². The number of hydrogen-bond donors (Lipinski definition) is 2. The lowest BCUT2D eigenvalue weighted by atomic mass is 10.2. The topological polar surface area (TPSA) is 69.6 Å². The number of amides is 1. The Hall–Kier alpha value is -1.24. The monoisotopic (exact) mass is 338 g/mol. The Morgan fingerprint density at radius 2 is 2.00 bits per heavy atom. The molecule has 2 heterocycles. The van der Waals surface area contributed by atoms with Crippen molar-refractivity contribution < 1.29 is 14.7 Å². The Balaban J connectivity index is 1.69. The zero-order chi connectivity index (χ0) is 16.7. The highest BCUT2D eigenvalue weighted by molar-refractivity contribution is 7.12. The molecule has 0 aliphatic carbocycles. The molecule has 0 bridgehead atoms. The summed E-state index contributed by atoms with van der Waals surface area (Å²) in [4.78, 5) is 26.1. The van der Waals surface area contributed by atoms with Crippen LogP contribution >= 0.6 is 11.3 Å². The van der Waals surface area contributed by atoms with Crippen molar-refractivity contribution in [2.45, 2.75) is 45.1 Å². The van der Waals surface area contributed by atoms with Gasteiger partial charge in [-0.1, -0.05) is 12.8 Å². The highest BCUT2D eigenvalue weighted by atomic mass is 32.1. The molecule has 23 heavy (non-hydrogen) atoms. The lowest BCUT2D eigenvalue weighted by Crippen LogP contribution is -2.40. The van der Waals surface area contributed by atoms with Crippen LogP contribution in [0.1, 0.15) is 47.8 Å². The number of carbonyl (C=O) groups excluding carboxylic acids is 2. The van der Waals surface area contributed by atoms with E-state index in [0.29, 0.717) is 11.4 Å². The molecular formula is C17H26N2O3S. The first-order valence-corrected chi connectivity index (χ1v) is 9.18. The van der Waals surface area contributed by atoms with Crippen LogP contribution in [0.25, 0.3) is 0 Å². The molecular weight excluding hydrogens is 312 g/mol. The summed E-state index contributed by atoms with van der Waals surface area (Å²) >= 11 is 1.36. The summed E-state index contributed by atoms with van der Waals surface area (Å²) in [5.74, 6) is -0.0950. The highest BCUT2D eigenvalue weighted by Gasteiger charge is 2.15. The Bertz CT molecular complexity index is 522. The second kappa shape index (κ2) is 9.15. The van der Waals surface area contributed by atoms with Crippen molar-refractivity contribution in [1.29, 1.82) is 0 Å². The van der Waals surface area contributed by atoms with Crippen molar-refractivity contribution in [3.05, 3.63) is 21.9 Å². The molecule has 6 heteroatoms. The van der Waals surface area contributed by atoms with Crippen molar-refractivity contribution in [3.63, 3.8) is 0 Å². The van der Waals surface area contributed by atoms with Crippen LogP contribution in [0.15, 0.2) is 11.4 Å². The standard InChI is InChI=1S/C17H26N2O3S/c1-13(20)16-8-14(12-23-16)9-17(22)18-10-15(21)11-19-6-4-2-3-5-7-19/h8,12,15,21H,2-7,9-11H2,1H3,(H,18,22)/t15-/m1/s1. The van der Waals surface area contributed by atoms with Gasteiger partial charge in [0.1, 0.15) is 0 Å².